The highest BCUT2D eigenvalue weighted by Crippen LogP contribution is 2.21. The molecule has 3 N–H and O–H groups in total. The van der Waals surface area contributed by atoms with Crippen molar-refractivity contribution in [3.8, 4) is 0 Å². The van der Waals surface area contributed by atoms with E-state index in [4.69, 9.17) is 10.2 Å². The molecule has 1 heterocycles. The monoisotopic (exact) mass is 334 g/mol. The molecule has 128 valence electrons. The molecule has 0 saturated carbocycles. The summed E-state index contributed by atoms with van der Waals surface area (Å²) in [5.41, 5.74) is 0. The maximum absolute atomic E-state index is 12.0. The molecule has 3 atom stereocenters. The Labute approximate surface area is 129 Å². The highest BCUT2D eigenvalue weighted by atomic mass is 16.8. The molecule has 0 aliphatic carbocycles. The summed E-state index contributed by atoms with van der Waals surface area (Å²) < 4.78 is 18.1. The van der Waals surface area contributed by atoms with Crippen LogP contribution in [-0.2, 0) is 38.1 Å². The van der Waals surface area contributed by atoms with Crippen LogP contribution >= 0.6 is 0 Å². The lowest BCUT2D eigenvalue weighted by molar-refractivity contribution is -0.249. The van der Waals surface area contributed by atoms with Crippen LogP contribution in [0, 0.1) is 0 Å². The molecule has 1 aliphatic rings. The Bertz CT molecular complexity index is 511. The number of hydrogen-bond acceptors (Lipinski definition) is 11. The Hall–Kier alpha value is -2.50. The van der Waals surface area contributed by atoms with Crippen molar-refractivity contribution >= 4 is 23.9 Å². The van der Waals surface area contributed by atoms with E-state index in [0.717, 1.165) is 0 Å². The Kier molecular flexibility index (Phi) is 6.18. The summed E-state index contributed by atoms with van der Waals surface area (Å²) in [7, 11) is 0. The summed E-state index contributed by atoms with van der Waals surface area (Å²) in [6.07, 6.45) is -3.17. The second-order valence-corrected chi connectivity index (χ2v) is 4.14. The molecular formula is C12H14O11. The van der Waals surface area contributed by atoms with Crippen LogP contribution in [0.2, 0.25) is 0 Å². The maximum atomic E-state index is 12.0. The van der Waals surface area contributed by atoms with E-state index in [1.54, 1.807) is 0 Å². The minimum Gasteiger partial charge on any atom is -0.445 e. The molecule has 1 saturated heterocycles. The van der Waals surface area contributed by atoms with Crippen molar-refractivity contribution in [2.75, 3.05) is 19.8 Å². The predicted molar refractivity (Wildman–Crippen MR) is 66.1 cm³/mol. The lowest BCUT2D eigenvalue weighted by atomic mass is 10.2. The lowest BCUT2D eigenvalue weighted by Crippen LogP contribution is -2.53. The topological polar surface area (TPSA) is 166 Å². The minimum atomic E-state index is -2.95. The van der Waals surface area contributed by atoms with Gasteiger partial charge in [-0.25, -0.2) is 19.2 Å². The normalized spacial score (nSPS) is 28.4. The molecule has 0 aromatic rings. The summed E-state index contributed by atoms with van der Waals surface area (Å²) in [5.74, 6) is -8.67. The average molecular weight is 334 g/mol. The van der Waals surface area contributed by atoms with Gasteiger partial charge in [0.05, 0.1) is 13.2 Å². The van der Waals surface area contributed by atoms with Crippen molar-refractivity contribution in [2.24, 2.45) is 0 Å². The molecule has 1 fully saturated rings. The van der Waals surface area contributed by atoms with Crippen LogP contribution in [0.5, 0.6) is 0 Å². The van der Waals surface area contributed by atoms with Crippen LogP contribution in [0.25, 0.3) is 0 Å². The number of cyclic esters (lactones) is 3. The van der Waals surface area contributed by atoms with E-state index in [1.165, 1.54) is 0 Å². The standard InChI is InChI=1S/C12H14O11/c1-2-8(16)22-12(5-15)11(19)21-6(3-13)9(17)20-7(4-14)10(18)23-12/h2,6-7,13-15H,1,3-5H2. The fourth-order valence-electron chi connectivity index (χ4n) is 1.42. The minimum absolute atomic E-state index is 0.611. The van der Waals surface area contributed by atoms with Crippen molar-refractivity contribution in [1.29, 1.82) is 0 Å². The van der Waals surface area contributed by atoms with Crippen LogP contribution in [0.15, 0.2) is 12.7 Å². The molecule has 11 nitrogen and oxygen atoms in total. The van der Waals surface area contributed by atoms with Gasteiger partial charge in [0.25, 0.3) is 0 Å². The summed E-state index contributed by atoms with van der Waals surface area (Å²) in [6, 6.07) is 0. The summed E-state index contributed by atoms with van der Waals surface area (Å²) in [4.78, 5) is 46.8. The highest BCUT2D eigenvalue weighted by molar-refractivity contribution is 5.92. The largest absolute Gasteiger partial charge is 0.445 e. The fraction of sp³-hybridized carbons (Fsp3) is 0.500. The number of hydrogen-bond donors (Lipinski definition) is 3. The van der Waals surface area contributed by atoms with Gasteiger partial charge in [0.15, 0.2) is 0 Å². The Morgan fingerprint density at radius 2 is 1.70 bits per heavy atom. The van der Waals surface area contributed by atoms with Gasteiger partial charge in [-0.3, -0.25) is 0 Å². The Morgan fingerprint density at radius 3 is 2.17 bits per heavy atom. The van der Waals surface area contributed by atoms with Gasteiger partial charge in [0, 0.05) is 6.08 Å². The third-order valence-corrected chi connectivity index (χ3v) is 2.58. The molecule has 0 aromatic carbocycles. The van der Waals surface area contributed by atoms with Crippen LogP contribution in [-0.4, -0.2) is 77.0 Å². The molecule has 0 aromatic heterocycles. The quantitative estimate of drug-likeness (QED) is 0.263. The zero-order valence-electron chi connectivity index (χ0n) is 11.7. The molecule has 0 spiro atoms. The predicted octanol–water partition coefficient (Wildman–Crippen LogP) is -3.23. The van der Waals surface area contributed by atoms with Crippen LogP contribution < -0.4 is 0 Å². The highest BCUT2D eigenvalue weighted by Gasteiger charge is 2.52. The third-order valence-electron chi connectivity index (χ3n) is 2.58. The average Bonchev–Trinajstić information content (AvgIpc) is 2.58. The zero-order chi connectivity index (χ0) is 17.6. The second kappa shape index (κ2) is 7.67. The van der Waals surface area contributed by atoms with Gasteiger partial charge in [0.2, 0.25) is 12.2 Å². The second-order valence-electron chi connectivity index (χ2n) is 4.14. The van der Waals surface area contributed by atoms with Crippen molar-refractivity contribution in [2.45, 2.75) is 18.0 Å². The van der Waals surface area contributed by atoms with Gasteiger partial charge in [-0.05, 0) is 0 Å². The van der Waals surface area contributed by atoms with E-state index in [-0.39, 0.29) is 0 Å². The van der Waals surface area contributed by atoms with Gasteiger partial charge in [-0.2, -0.15) is 0 Å². The molecular weight excluding hydrogens is 320 g/mol. The fourth-order valence-corrected chi connectivity index (χ4v) is 1.42. The van der Waals surface area contributed by atoms with E-state index >= 15 is 0 Å². The van der Waals surface area contributed by atoms with E-state index in [2.05, 4.69) is 25.5 Å². The molecule has 11 heteroatoms. The van der Waals surface area contributed by atoms with Crippen molar-refractivity contribution in [3.05, 3.63) is 12.7 Å². The number of aliphatic hydroxyl groups is 3. The first-order chi connectivity index (χ1) is 10.8. The van der Waals surface area contributed by atoms with Crippen LogP contribution in [0.3, 0.4) is 0 Å². The van der Waals surface area contributed by atoms with Gasteiger partial charge < -0.3 is 34.3 Å². The maximum Gasteiger partial charge on any atom is 0.396 e. The summed E-state index contributed by atoms with van der Waals surface area (Å²) in [6.45, 7) is -0.365. The van der Waals surface area contributed by atoms with Crippen molar-refractivity contribution in [1.82, 2.24) is 0 Å². The molecule has 3 unspecified atom stereocenters. The van der Waals surface area contributed by atoms with Crippen molar-refractivity contribution < 1.29 is 53.4 Å². The van der Waals surface area contributed by atoms with Crippen molar-refractivity contribution in [3.63, 3.8) is 0 Å². The summed E-state index contributed by atoms with van der Waals surface area (Å²) >= 11 is 0. The summed E-state index contributed by atoms with van der Waals surface area (Å²) in [5, 5.41) is 27.4. The Balaban J connectivity index is 3.28. The van der Waals surface area contributed by atoms with E-state index < -0.39 is 61.7 Å². The number of esters is 4. The number of carbonyl (C=O) groups is 4. The lowest BCUT2D eigenvalue weighted by Gasteiger charge is -2.28. The molecule has 0 amide bonds. The van der Waals surface area contributed by atoms with E-state index in [1.807, 2.05) is 0 Å². The van der Waals surface area contributed by atoms with E-state index in [0.29, 0.717) is 6.08 Å². The molecule has 23 heavy (non-hydrogen) atoms. The Morgan fingerprint density at radius 1 is 1.13 bits per heavy atom. The first-order valence-corrected chi connectivity index (χ1v) is 6.16. The molecule has 0 radical (unpaired) electrons. The van der Waals surface area contributed by atoms with Crippen LogP contribution in [0.4, 0.5) is 0 Å². The molecule has 1 aliphatic heterocycles. The van der Waals surface area contributed by atoms with E-state index in [9.17, 15) is 24.3 Å². The number of ether oxygens (including phenoxy) is 4. The SMILES string of the molecule is C=CC(=O)OC1(CO)OC(=O)C(CO)OC(=O)C(CO)OC1=O. The zero-order valence-corrected chi connectivity index (χ0v) is 11.7. The first kappa shape index (κ1) is 18.5. The van der Waals surface area contributed by atoms with Crippen LogP contribution in [0.1, 0.15) is 0 Å². The number of aliphatic hydroxyl groups excluding tert-OH is 3. The number of rotatable bonds is 5. The smallest absolute Gasteiger partial charge is 0.396 e. The first-order valence-electron chi connectivity index (χ1n) is 6.16. The molecule has 1 rings (SSSR count). The van der Waals surface area contributed by atoms with Gasteiger partial charge >= 0.3 is 29.7 Å². The van der Waals surface area contributed by atoms with Gasteiger partial charge in [-0.15, -0.1) is 0 Å². The van der Waals surface area contributed by atoms with Gasteiger partial charge in [0.1, 0.15) is 6.61 Å². The molecule has 0 bridgehead atoms. The van der Waals surface area contributed by atoms with Gasteiger partial charge in [-0.1, -0.05) is 6.58 Å². The third kappa shape index (κ3) is 4.03. The number of carbonyl (C=O) groups excluding carboxylic acids is 4.